The average molecular weight is 386 g/mol. The van der Waals surface area contributed by atoms with E-state index in [1.165, 1.54) is 12.3 Å². The number of H-pyrrole nitrogens is 1. The van der Waals surface area contributed by atoms with Crippen LogP contribution >= 0.6 is 0 Å². The van der Waals surface area contributed by atoms with Crippen LogP contribution in [0, 0.1) is 18.6 Å². The van der Waals surface area contributed by atoms with Crippen molar-refractivity contribution in [2.24, 2.45) is 0 Å². The van der Waals surface area contributed by atoms with Crippen molar-refractivity contribution in [3.63, 3.8) is 0 Å². The first-order chi connectivity index (χ1) is 13.4. The largest absolute Gasteiger partial charge is 0.441 e. The van der Waals surface area contributed by atoms with Gasteiger partial charge in [-0.25, -0.2) is 18.7 Å². The SMILES string of the molecule is Cc1nc2c(c(=O)[nH]1)CN(C(=O)CCc1ncc(-c3ccc(F)cc3F)o1)C2. The number of rotatable bonds is 4. The summed E-state index contributed by atoms with van der Waals surface area (Å²) in [6.07, 6.45) is 1.68. The molecule has 1 N–H and O–H groups in total. The summed E-state index contributed by atoms with van der Waals surface area (Å²) < 4.78 is 32.3. The van der Waals surface area contributed by atoms with Gasteiger partial charge >= 0.3 is 0 Å². The molecule has 0 bridgehead atoms. The van der Waals surface area contributed by atoms with E-state index in [0.29, 0.717) is 17.1 Å². The van der Waals surface area contributed by atoms with Crippen LogP contribution in [0.25, 0.3) is 11.3 Å². The van der Waals surface area contributed by atoms with Gasteiger partial charge in [-0.05, 0) is 19.1 Å². The number of hydrogen-bond acceptors (Lipinski definition) is 5. The molecule has 0 aliphatic carbocycles. The van der Waals surface area contributed by atoms with Crippen molar-refractivity contribution in [2.45, 2.75) is 32.9 Å². The third kappa shape index (κ3) is 3.42. The molecule has 4 rings (SSSR count). The number of aromatic amines is 1. The monoisotopic (exact) mass is 386 g/mol. The topological polar surface area (TPSA) is 92.1 Å². The van der Waals surface area contributed by atoms with Crippen LogP contribution in [-0.2, 0) is 24.3 Å². The van der Waals surface area contributed by atoms with E-state index < -0.39 is 11.6 Å². The number of carbonyl (C=O) groups is 1. The van der Waals surface area contributed by atoms with E-state index in [4.69, 9.17) is 4.42 Å². The van der Waals surface area contributed by atoms with Crippen molar-refractivity contribution in [3.8, 4) is 11.3 Å². The minimum Gasteiger partial charge on any atom is -0.441 e. The number of halogens is 2. The molecular formula is C19H16F2N4O3. The Morgan fingerprint density at radius 2 is 2.14 bits per heavy atom. The van der Waals surface area contributed by atoms with Crippen molar-refractivity contribution in [2.75, 3.05) is 0 Å². The third-order valence-corrected chi connectivity index (χ3v) is 4.56. The number of carbonyl (C=O) groups excluding carboxylic acids is 1. The van der Waals surface area contributed by atoms with Gasteiger partial charge in [-0.3, -0.25) is 9.59 Å². The van der Waals surface area contributed by atoms with Crippen LogP contribution in [0.5, 0.6) is 0 Å². The number of amides is 1. The molecule has 1 aromatic carbocycles. The van der Waals surface area contributed by atoms with Crippen molar-refractivity contribution in [3.05, 3.63) is 69.4 Å². The maximum Gasteiger partial charge on any atom is 0.256 e. The standard InChI is InChI=1S/C19H16F2N4O3/c1-10-23-15-9-25(8-13(15)19(27)24-10)18(26)5-4-17-22-7-16(28-17)12-3-2-11(20)6-14(12)21/h2-3,6-7H,4-5,8-9H2,1H3,(H,23,24,27). The van der Waals surface area contributed by atoms with Gasteiger partial charge in [-0.2, -0.15) is 0 Å². The van der Waals surface area contributed by atoms with E-state index in [1.807, 2.05) is 0 Å². The van der Waals surface area contributed by atoms with E-state index in [0.717, 1.165) is 12.1 Å². The lowest BCUT2D eigenvalue weighted by Gasteiger charge is -2.14. The number of fused-ring (bicyclic) bond motifs is 1. The Kier molecular flexibility index (Phi) is 4.50. The molecule has 0 saturated heterocycles. The summed E-state index contributed by atoms with van der Waals surface area (Å²) in [4.78, 5) is 36.9. The first-order valence-electron chi connectivity index (χ1n) is 8.67. The molecule has 0 atom stereocenters. The zero-order valence-electron chi connectivity index (χ0n) is 15.0. The number of nitrogens with zero attached hydrogens (tertiary/aromatic N) is 3. The van der Waals surface area contributed by atoms with Crippen molar-refractivity contribution >= 4 is 5.91 Å². The maximum absolute atomic E-state index is 13.8. The second-order valence-electron chi connectivity index (χ2n) is 6.57. The molecule has 0 saturated carbocycles. The molecule has 1 amide bonds. The molecule has 28 heavy (non-hydrogen) atoms. The van der Waals surface area contributed by atoms with Gasteiger partial charge in [0.15, 0.2) is 11.7 Å². The number of oxazole rings is 1. The summed E-state index contributed by atoms with van der Waals surface area (Å²) in [5.41, 5.74) is 0.988. The molecule has 144 valence electrons. The number of aryl methyl sites for hydroxylation is 2. The molecule has 1 aliphatic rings. The van der Waals surface area contributed by atoms with Gasteiger partial charge < -0.3 is 14.3 Å². The summed E-state index contributed by atoms with van der Waals surface area (Å²) in [5, 5.41) is 0. The zero-order valence-corrected chi connectivity index (χ0v) is 15.0. The fraction of sp³-hybridized carbons (Fsp3) is 0.263. The van der Waals surface area contributed by atoms with Gasteiger partial charge in [0.25, 0.3) is 5.56 Å². The minimum atomic E-state index is -0.748. The van der Waals surface area contributed by atoms with E-state index in [1.54, 1.807) is 11.8 Å². The first kappa shape index (κ1) is 18.0. The third-order valence-electron chi connectivity index (χ3n) is 4.56. The van der Waals surface area contributed by atoms with Crippen LogP contribution in [0.15, 0.2) is 33.6 Å². The normalized spacial score (nSPS) is 13.0. The Bertz CT molecular complexity index is 1120. The van der Waals surface area contributed by atoms with Crippen molar-refractivity contribution in [1.82, 2.24) is 19.9 Å². The average Bonchev–Trinajstić information content (AvgIpc) is 3.27. The molecule has 0 radical (unpaired) electrons. The number of nitrogens with one attached hydrogen (secondary N) is 1. The molecule has 0 fully saturated rings. The second kappa shape index (κ2) is 6.99. The number of hydrogen-bond donors (Lipinski definition) is 1. The van der Waals surface area contributed by atoms with Crippen LogP contribution in [-0.4, -0.2) is 25.8 Å². The summed E-state index contributed by atoms with van der Waals surface area (Å²) in [7, 11) is 0. The summed E-state index contributed by atoms with van der Waals surface area (Å²) >= 11 is 0. The van der Waals surface area contributed by atoms with Gasteiger partial charge in [-0.15, -0.1) is 0 Å². The Hall–Kier alpha value is -3.36. The molecule has 7 nitrogen and oxygen atoms in total. The molecule has 1 aliphatic heterocycles. The van der Waals surface area contributed by atoms with E-state index in [2.05, 4.69) is 15.0 Å². The van der Waals surface area contributed by atoms with Gasteiger partial charge in [0.2, 0.25) is 5.91 Å². The Labute approximate surface area is 158 Å². The fourth-order valence-corrected chi connectivity index (χ4v) is 3.18. The molecule has 9 heteroatoms. The van der Waals surface area contributed by atoms with Crippen LogP contribution in [0.1, 0.15) is 29.4 Å². The van der Waals surface area contributed by atoms with Gasteiger partial charge in [0, 0.05) is 18.9 Å². The van der Waals surface area contributed by atoms with Gasteiger partial charge in [0.05, 0.1) is 36.1 Å². The maximum atomic E-state index is 13.8. The predicted octanol–water partition coefficient (Wildman–Crippen LogP) is 2.49. The Balaban J connectivity index is 1.40. The highest BCUT2D eigenvalue weighted by Crippen LogP contribution is 2.25. The fourth-order valence-electron chi connectivity index (χ4n) is 3.18. The summed E-state index contributed by atoms with van der Waals surface area (Å²) in [5.74, 6) is -0.639. The molecule has 2 aromatic heterocycles. The zero-order chi connectivity index (χ0) is 19.8. The molecule has 3 heterocycles. The molecule has 0 spiro atoms. The highest BCUT2D eigenvalue weighted by molar-refractivity contribution is 5.77. The summed E-state index contributed by atoms with van der Waals surface area (Å²) in [6, 6.07) is 3.17. The predicted molar refractivity (Wildman–Crippen MR) is 94.0 cm³/mol. The molecular weight excluding hydrogens is 370 g/mol. The Morgan fingerprint density at radius 1 is 1.32 bits per heavy atom. The van der Waals surface area contributed by atoms with E-state index >= 15 is 0 Å². The first-order valence-corrected chi connectivity index (χ1v) is 8.67. The lowest BCUT2D eigenvalue weighted by molar-refractivity contribution is -0.131. The van der Waals surface area contributed by atoms with Gasteiger partial charge in [0.1, 0.15) is 17.5 Å². The van der Waals surface area contributed by atoms with Crippen molar-refractivity contribution < 1.29 is 18.0 Å². The lowest BCUT2D eigenvalue weighted by atomic mass is 10.2. The number of benzene rings is 1. The second-order valence-corrected chi connectivity index (χ2v) is 6.57. The highest BCUT2D eigenvalue weighted by Gasteiger charge is 2.27. The lowest BCUT2D eigenvalue weighted by Crippen LogP contribution is -2.26. The quantitative estimate of drug-likeness (QED) is 0.744. The number of aromatic nitrogens is 3. The smallest absolute Gasteiger partial charge is 0.256 e. The molecule has 3 aromatic rings. The van der Waals surface area contributed by atoms with Crippen molar-refractivity contribution in [1.29, 1.82) is 0 Å². The van der Waals surface area contributed by atoms with E-state index in [-0.39, 0.29) is 54.6 Å². The van der Waals surface area contributed by atoms with Crippen LogP contribution < -0.4 is 5.56 Å². The van der Waals surface area contributed by atoms with Crippen LogP contribution in [0.2, 0.25) is 0 Å². The van der Waals surface area contributed by atoms with Gasteiger partial charge in [-0.1, -0.05) is 0 Å². The Morgan fingerprint density at radius 3 is 2.93 bits per heavy atom. The summed E-state index contributed by atoms with van der Waals surface area (Å²) in [6.45, 7) is 2.20. The van der Waals surface area contributed by atoms with Crippen LogP contribution in [0.3, 0.4) is 0 Å². The van der Waals surface area contributed by atoms with E-state index in [9.17, 15) is 18.4 Å². The minimum absolute atomic E-state index is 0.0992. The highest BCUT2D eigenvalue weighted by atomic mass is 19.1. The van der Waals surface area contributed by atoms with Crippen LogP contribution in [0.4, 0.5) is 8.78 Å². The molecule has 0 unspecified atom stereocenters.